The maximum atomic E-state index is 12.6. The third-order valence-electron chi connectivity index (χ3n) is 1.73. The van der Waals surface area contributed by atoms with Crippen molar-refractivity contribution in [2.24, 2.45) is 0 Å². The lowest BCUT2D eigenvalue weighted by molar-refractivity contribution is 0.627. The van der Waals surface area contributed by atoms with Crippen LogP contribution in [0, 0.1) is 11.2 Å². The quantitative estimate of drug-likeness (QED) is 0.670. The summed E-state index contributed by atoms with van der Waals surface area (Å²) in [4.78, 5) is 0. The first-order valence-corrected chi connectivity index (χ1v) is 4.09. The smallest absolute Gasteiger partial charge is 0.123 e. The van der Waals surface area contributed by atoms with E-state index in [0.29, 0.717) is 5.71 Å². The molecule has 13 heavy (non-hydrogen) atoms. The van der Waals surface area contributed by atoms with Crippen LogP contribution in [-0.4, -0.2) is 5.71 Å². The summed E-state index contributed by atoms with van der Waals surface area (Å²) >= 11 is 0. The van der Waals surface area contributed by atoms with Crippen molar-refractivity contribution in [3.8, 4) is 0 Å². The Morgan fingerprint density at radius 3 is 2.23 bits per heavy atom. The van der Waals surface area contributed by atoms with Crippen LogP contribution in [0.2, 0.25) is 0 Å². The van der Waals surface area contributed by atoms with Gasteiger partial charge in [0, 0.05) is 5.71 Å². The molecule has 0 amide bonds. The number of halogens is 1. The van der Waals surface area contributed by atoms with Crippen molar-refractivity contribution < 1.29 is 4.39 Å². The molecule has 1 aromatic rings. The van der Waals surface area contributed by atoms with E-state index in [1.165, 1.54) is 12.1 Å². The first kappa shape index (κ1) is 9.65. The summed E-state index contributed by atoms with van der Waals surface area (Å²) in [5.41, 5.74) is 2.43. The fourth-order valence-corrected chi connectivity index (χ4v) is 1.12. The van der Waals surface area contributed by atoms with E-state index in [0.717, 1.165) is 11.1 Å². The first-order chi connectivity index (χ1) is 6.09. The SMILES string of the molecule is CC(=N)/C=C(\C)c1ccc(F)cc1. The van der Waals surface area contributed by atoms with Crippen molar-refractivity contribution in [2.45, 2.75) is 13.8 Å². The van der Waals surface area contributed by atoms with Gasteiger partial charge in [-0.05, 0) is 43.2 Å². The molecule has 0 bridgehead atoms. The molecule has 1 aromatic carbocycles. The van der Waals surface area contributed by atoms with Crippen LogP contribution in [0.15, 0.2) is 30.3 Å². The van der Waals surface area contributed by atoms with Gasteiger partial charge in [-0.3, -0.25) is 0 Å². The fourth-order valence-electron chi connectivity index (χ4n) is 1.12. The molecule has 68 valence electrons. The summed E-state index contributed by atoms with van der Waals surface area (Å²) in [6.07, 6.45) is 1.76. The second-order valence-electron chi connectivity index (χ2n) is 3.02. The van der Waals surface area contributed by atoms with E-state index in [1.54, 1.807) is 25.1 Å². The lowest BCUT2D eigenvalue weighted by Gasteiger charge is -2.00. The molecule has 0 heterocycles. The van der Waals surface area contributed by atoms with Crippen LogP contribution in [0.4, 0.5) is 4.39 Å². The monoisotopic (exact) mass is 177 g/mol. The Labute approximate surface area is 77.4 Å². The summed E-state index contributed by atoms with van der Waals surface area (Å²) in [6.45, 7) is 3.62. The van der Waals surface area contributed by atoms with E-state index in [1.807, 2.05) is 6.92 Å². The fraction of sp³-hybridized carbons (Fsp3) is 0.182. The molecule has 1 nitrogen and oxygen atoms in total. The van der Waals surface area contributed by atoms with Crippen LogP contribution in [0.5, 0.6) is 0 Å². The number of hydrogen-bond donors (Lipinski definition) is 1. The molecule has 0 unspecified atom stereocenters. The predicted octanol–water partition coefficient (Wildman–Crippen LogP) is 3.27. The highest BCUT2D eigenvalue weighted by molar-refractivity contribution is 5.96. The van der Waals surface area contributed by atoms with Crippen molar-refractivity contribution >= 4 is 11.3 Å². The second-order valence-corrected chi connectivity index (χ2v) is 3.02. The van der Waals surface area contributed by atoms with Gasteiger partial charge in [0.1, 0.15) is 5.82 Å². The molecular weight excluding hydrogens is 165 g/mol. The molecule has 2 heteroatoms. The Bertz CT molecular complexity index is 336. The molecule has 1 N–H and O–H groups in total. The van der Waals surface area contributed by atoms with E-state index in [4.69, 9.17) is 5.41 Å². The minimum Gasteiger partial charge on any atom is -0.306 e. The van der Waals surface area contributed by atoms with Crippen molar-refractivity contribution in [3.05, 3.63) is 41.7 Å². The normalized spacial score (nSPS) is 11.5. The third-order valence-corrected chi connectivity index (χ3v) is 1.73. The zero-order valence-electron chi connectivity index (χ0n) is 7.76. The third kappa shape index (κ3) is 2.82. The van der Waals surface area contributed by atoms with Gasteiger partial charge in [-0.2, -0.15) is 0 Å². The van der Waals surface area contributed by atoms with E-state index < -0.39 is 0 Å². The summed E-state index contributed by atoms with van der Waals surface area (Å²) in [5.74, 6) is -0.233. The van der Waals surface area contributed by atoms with E-state index in [2.05, 4.69) is 0 Å². The van der Waals surface area contributed by atoms with Gasteiger partial charge in [0.05, 0.1) is 0 Å². The predicted molar refractivity (Wildman–Crippen MR) is 53.5 cm³/mol. The summed E-state index contributed by atoms with van der Waals surface area (Å²) in [7, 11) is 0. The first-order valence-electron chi connectivity index (χ1n) is 4.09. The van der Waals surface area contributed by atoms with Gasteiger partial charge in [-0.1, -0.05) is 12.1 Å². The van der Waals surface area contributed by atoms with Crippen LogP contribution in [0.1, 0.15) is 19.4 Å². The average Bonchev–Trinajstić information content (AvgIpc) is 2.04. The molecule has 0 atom stereocenters. The number of benzene rings is 1. The number of nitrogens with one attached hydrogen (secondary N) is 1. The van der Waals surface area contributed by atoms with E-state index in [-0.39, 0.29) is 5.82 Å². The Morgan fingerprint density at radius 1 is 1.23 bits per heavy atom. The molecule has 0 aromatic heterocycles. The van der Waals surface area contributed by atoms with Gasteiger partial charge in [-0.15, -0.1) is 0 Å². The van der Waals surface area contributed by atoms with Crippen LogP contribution < -0.4 is 0 Å². The van der Waals surface area contributed by atoms with Crippen LogP contribution >= 0.6 is 0 Å². The zero-order valence-corrected chi connectivity index (χ0v) is 7.76. The highest BCUT2D eigenvalue weighted by Crippen LogP contribution is 2.13. The maximum Gasteiger partial charge on any atom is 0.123 e. The standard InChI is InChI=1S/C11H12FN/c1-8(7-9(2)13)10-3-5-11(12)6-4-10/h3-7,13H,1-2H3/b8-7+,13-9?. The Balaban J connectivity index is 2.96. The van der Waals surface area contributed by atoms with Crippen LogP contribution in [-0.2, 0) is 0 Å². The molecule has 0 aliphatic rings. The van der Waals surface area contributed by atoms with Gasteiger partial charge in [0.15, 0.2) is 0 Å². The second kappa shape index (κ2) is 3.99. The van der Waals surface area contributed by atoms with Crippen LogP contribution in [0.25, 0.3) is 5.57 Å². The van der Waals surface area contributed by atoms with Gasteiger partial charge >= 0.3 is 0 Å². The van der Waals surface area contributed by atoms with Crippen molar-refractivity contribution in [3.63, 3.8) is 0 Å². The van der Waals surface area contributed by atoms with Crippen molar-refractivity contribution in [1.29, 1.82) is 5.41 Å². The number of allylic oxidation sites excluding steroid dienone is 2. The molecule has 0 aliphatic heterocycles. The average molecular weight is 177 g/mol. The van der Waals surface area contributed by atoms with Gasteiger partial charge in [0.25, 0.3) is 0 Å². The Morgan fingerprint density at radius 2 is 1.77 bits per heavy atom. The lowest BCUT2D eigenvalue weighted by atomic mass is 10.1. The van der Waals surface area contributed by atoms with Gasteiger partial charge in [-0.25, -0.2) is 4.39 Å². The number of rotatable bonds is 2. The highest BCUT2D eigenvalue weighted by Gasteiger charge is 1.95. The van der Waals surface area contributed by atoms with Gasteiger partial charge in [0.2, 0.25) is 0 Å². The number of hydrogen-bond acceptors (Lipinski definition) is 1. The molecule has 0 spiro atoms. The van der Waals surface area contributed by atoms with Crippen molar-refractivity contribution in [2.75, 3.05) is 0 Å². The molecule has 1 rings (SSSR count). The van der Waals surface area contributed by atoms with Gasteiger partial charge < -0.3 is 5.41 Å². The highest BCUT2D eigenvalue weighted by atomic mass is 19.1. The van der Waals surface area contributed by atoms with E-state index >= 15 is 0 Å². The minimum atomic E-state index is -0.233. The Hall–Kier alpha value is -1.44. The van der Waals surface area contributed by atoms with E-state index in [9.17, 15) is 4.39 Å². The lowest BCUT2D eigenvalue weighted by Crippen LogP contribution is -1.85. The molecule has 0 saturated carbocycles. The minimum absolute atomic E-state index is 0.233. The molecule has 0 fully saturated rings. The summed E-state index contributed by atoms with van der Waals surface area (Å²) in [6, 6.07) is 6.27. The Kier molecular flexibility index (Phi) is 2.96. The topological polar surface area (TPSA) is 23.9 Å². The largest absolute Gasteiger partial charge is 0.306 e. The summed E-state index contributed by atoms with van der Waals surface area (Å²) in [5, 5.41) is 7.27. The summed E-state index contributed by atoms with van der Waals surface area (Å²) < 4.78 is 12.6. The molecular formula is C11H12FN. The molecule has 0 saturated heterocycles. The molecule has 0 radical (unpaired) electrons. The maximum absolute atomic E-state index is 12.6. The molecule has 0 aliphatic carbocycles. The zero-order chi connectivity index (χ0) is 9.84. The van der Waals surface area contributed by atoms with Crippen molar-refractivity contribution in [1.82, 2.24) is 0 Å². The van der Waals surface area contributed by atoms with Crippen LogP contribution in [0.3, 0.4) is 0 Å².